The van der Waals surface area contributed by atoms with E-state index >= 15 is 0 Å². The molecule has 0 atom stereocenters. The molecule has 1 aromatic rings. The molecule has 0 saturated heterocycles. The summed E-state index contributed by atoms with van der Waals surface area (Å²) in [5.74, 6) is 5.24. The second-order valence-electron chi connectivity index (χ2n) is 2.36. The number of nitrogens with zero attached hydrogens (tertiary/aromatic N) is 2. The molecule has 1 rings (SSSR count). The fourth-order valence-corrected chi connectivity index (χ4v) is 0.920. The largest absolute Gasteiger partial charge is 0.308 e. The first-order valence-corrected chi connectivity index (χ1v) is 3.90. The van der Waals surface area contributed by atoms with Gasteiger partial charge in [0.2, 0.25) is 0 Å². The third-order valence-corrected chi connectivity index (χ3v) is 1.43. The van der Waals surface area contributed by atoms with E-state index in [9.17, 15) is 4.39 Å². The second-order valence-corrected chi connectivity index (χ2v) is 2.36. The number of hydrogen-bond acceptors (Lipinski definition) is 3. The monoisotopic (exact) mass is 182 g/mol. The van der Waals surface area contributed by atoms with E-state index in [1.807, 2.05) is 6.92 Å². The fraction of sp³-hybridized carbons (Fsp3) is 0.250. The van der Waals surface area contributed by atoms with E-state index in [1.54, 1.807) is 0 Å². The van der Waals surface area contributed by atoms with Crippen LogP contribution in [0.4, 0.5) is 4.39 Å². The maximum atomic E-state index is 12.7. The zero-order chi connectivity index (χ0) is 9.68. The van der Waals surface area contributed by atoms with Crippen molar-refractivity contribution in [2.24, 2.45) is 10.8 Å². The molecule has 0 saturated carbocycles. The number of aliphatic imine (C=N–C) groups is 1. The Hall–Kier alpha value is -1.49. The number of nitrogens with one attached hydrogen (secondary N) is 1. The first-order chi connectivity index (χ1) is 6.27. The zero-order valence-corrected chi connectivity index (χ0v) is 7.29. The van der Waals surface area contributed by atoms with E-state index in [0.29, 0.717) is 17.9 Å². The molecule has 5 heteroatoms. The summed E-state index contributed by atoms with van der Waals surface area (Å²) in [6, 6.07) is 1.32. The van der Waals surface area contributed by atoms with Crippen molar-refractivity contribution in [3.63, 3.8) is 0 Å². The van der Waals surface area contributed by atoms with Gasteiger partial charge in [0.1, 0.15) is 11.7 Å². The van der Waals surface area contributed by atoms with Crippen LogP contribution in [0.1, 0.15) is 12.5 Å². The minimum Gasteiger partial charge on any atom is -0.308 e. The van der Waals surface area contributed by atoms with Gasteiger partial charge in [0.25, 0.3) is 0 Å². The van der Waals surface area contributed by atoms with Crippen LogP contribution in [0.3, 0.4) is 0 Å². The lowest BCUT2D eigenvalue weighted by atomic mass is 10.2. The lowest BCUT2D eigenvalue weighted by Gasteiger charge is -2.03. The van der Waals surface area contributed by atoms with Gasteiger partial charge in [0.05, 0.1) is 6.20 Å². The van der Waals surface area contributed by atoms with Crippen LogP contribution in [0.2, 0.25) is 0 Å². The van der Waals surface area contributed by atoms with Crippen molar-refractivity contribution in [1.29, 1.82) is 0 Å². The molecule has 1 heterocycles. The van der Waals surface area contributed by atoms with Crippen LogP contribution in [0.15, 0.2) is 23.5 Å². The van der Waals surface area contributed by atoms with Crippen molar-refractivity contribution in [2.45, 2.75) is 6.92 Å². The number of pyridine rings is 1. The summed E-state index contributed by atoms with van der Waals surface area (Å²) in [6.45, 7) is 2.44. The Labute approximate surface area is 75.7 Å². The Bertz CT molecular complexity index is 311. The lowest BCUT2D eigenvalue weighted by molar-refractivity contribution is 0.621. The Morgan fingerprint density at radius 2 is 2.46 bits per heavy atom. The normalized spacial score (nSPS) is 11.5. The van der Waals surface area contributed by atoms with Gasteiger partial charge in [-0.15, -0.1) is 0 Å². The van der Waals surface area contributed by atoms with Crippen molar-refractivity contribution >= 4 is 5.84 Å². The van der Waals surface area contributed by atoms with Crippen LogP contribution in [-0.4, -0.2) is 17.4 Å². The fourth-order valence-electron chi connectivity index (χ4n) is 0.920. The van der Waals surface area contributed by atoms with E-state index in [1.165, 1.54) is 12.3 Å². The molecule has 0 aromatic carbocycles. The first kappa shape index (κ1) is 9.60. The van der Waals surface area contributed by atoms with Crippen molar-refractivity contribution < 1.29 is 4.39 Å². The molecule has 1 aromatic heterocycles. The van der Waals surface area contributed by atoms with Gasteiger partial charge in [-0.05, 0) is 13.0 Å². The maximum Gasteiger partial charge on any atom is 0.144 e. The highest BCUT2D eigenvalue weighted by molar-refractivity contribution is 5.98. The Kier molecular flexibility index (Phi) is 3.33. The Morgan fingerprint density at radius 1 is 1.69 bits per heavy atom. The summed E-state index contributed by atoms with van der Waals surface area (Å²) in [5, 5.41) is 0. The highest BCUT2D eigenvalue weighted by atomic mass is 19.1. The zero-order valence-electron chi connectivity index (χ0n) is 7.29. The predicted molar refractivity (Wildman–Crippen MR) is 48.6 cm³/mol. The summed E-state index contributed by atoms with van der Waals surface area (Å²) in [5.41, 5.74) is 2.94. The smallest absolute Gasteiger partial charge is 0.144 e. The Morgan fingerprint density at radius 3 is 3.00 bits per heavy atom. The van der Waals surface area contributed by atoms with Crippen LogP contribution < -0.4 is 11.3 Å². The van der Waals surface area contributed by atoms with Crippen molar-refractivity contribution in [2.75, 3.05) is 6.54 Å². The van der Waals surface area contributed by atoms with Crippen molar-refractivity contribution in [3.05, 3.63) is 29.8 Å². The summed E-state index contributed by atoms with van der Waals surface area (Å²) in [7, 11) is 0. The average molecular weight is 182 g/mol. The van der Waals surface area contributed by atoms with Gasteiger partial charge in [0.15, 0.2) is 0 Å². The topological polar surface area (TPSA) is 63.3 Å². The number of hydrogen-bond donors (Lipinski definition) is 2. The van der Waals surface area contributed by atoms with Gasteiger partial charge in [-0.2, -0.15) is 0 Å². The molecule has 0 spiro atoms. The van der Waals surface area contributed by atoms with Gasteiger partial charge in [-0.3, -0.25) is 9.98 Å². The van der Waals surface area contributed by atoms with Crippen molar-refractivity contribution in [3.8, 4) is 0 Å². The number of amidine groups is 1. The molecular weight excluding hydrogens is 171 g/mol. The molecule has 0 amide bonds. The highest BCUT2D eigenvalue weighted by Gasteiger charge is 2.01. The summed E-state index contributed by atoms with van der Waals surface area (Å²) >= 11 is 0. The molecule has 70 valence electrons. The van der Waals surface area contributed by atoms with Crippen LogP contribution in [0.25, 0.3) is 0 Å². The molecule has 0 unspecified atom stereocenters. The van der Waals surface area contributed by atoms with Gasteiger partial charge < -0.3 is 5.43 Å². The van der Waals surface area contributed by atoms with E-state index in [4.69, 9.17) is 5.84 Å². The SMILES string of the molecule is CCN=C(NN)c1cncc(F)c1. The third kappa shape index (κ3) is 2.48. The summed E-state index contributed by atoms with van der Waals surface area (Å²) < 4.78 is 12.7. The maximum absolute atomic E-state index is 12.7. The molecule has 0 aliphatic heterocycles. The van der Waals surface area contributed by atoms with Gasteiger partial charge in [0, 0.05) is 18.3 Å². The Balaban J connectivity index is 2.98. The highest BCUT2D eigenvalue weighted by Crippen LogP contribution is 2.00. The van der Waals surface area contributed by atoms with E-state index in [-0.39, 0.29) is 0 Å². The van der Waals surface area contributed by atoms with Crippen LogP contribution >= 0.6 is 0 Å². The minimum absolute atomic E-state index is 0.406. The van der Waals surface area contributed by atoms with Gasteiger partial charge >= 0.3 is 0 Å². The number of nitrogens with two attached hydrogens (primary N) is 1. The first-order valence-electron chi connectivity index (χ1n) is 3.90. The standard InChI is InChI=1S/C8H11FN4/c1-2-12-8(13-10)6-3-7(9)5-11-4-6/h3-5H,2,10H2,1H3,(H,12,13). The summed E-state index contributed by atoms with van der Waals surface area (Å²) in [6.07, 6.45) is 2.63. The molecule has 0 bridgehead atoms. The molecular formula is C8H11FN4. The molecule has 13 heavy (non-hydrogen) atoms. The predicted octanol–water partition coefficient (Wildman–Crippen LogP) is 0.450. The molecule has 4 nitrogen and oxygen atoms in total. The molecule has 0 fully saturated rings. The number of aromatic nitrogens is 1. The number of hydrazine groups is 1. The van der Waals surface area contributed by atoms with E-state index in [2.05, 4.69) is 15.4 Å². The number of halogens is 1. The van der Waals surface area contributed by atoms with E-state index < -0.39 is 5.82 Å². The van der Waals surface area contributed by atoms with E-state index in [0.717, 1.165) is 6.20 Å². The third-order valence-electron chi connectivity index (χ3n) is 1.43. The molecule has 0 aliphatic carbocycles. The second kappa shape index (κ2) is 4.51. The van der Waals surface area contributed by atoms with Crippen LogP contribution in [-0.2, 0) is 0 Å². The van der Waals surface area contributed by atoms with Gasteiger partial charge in [-0.25, -0.2) is 10.2 Å². The minimum atomic E-state index is -0.406. The molecule has 0 radical (unpaired) electrons. The molecule has 0 aliphatic rings. The molecule has 3 N–H and O–H groups in total. The van der Waals surface area contributed by atoms with Gasteiger partial charge in [-0.1, -0.05) is 0 Å². The van der Waals surface area contributed by atoms with Crippen LogP contribution in [0.5, 0.6) is 0 Å². The lowest BCUT2D eigenvalue weighted by Crippen LogP contribution is -2.31. The summed E-state index contributed by atoms with van der Waals surface area (Å²) in [4.78, 5) is 7.71. The quantitative estimate of drug-likeness (QED) is 0.302. The average Bonchev–Trinajstić information content (AvgIpc) is 2.14. The van der Waals surface area contributed by atoms with Crippen molar-refractivity contribution in [1.82, 2.24) is 10.4 Å². The van der Waals surface area contributed by atoms with Crippen LogP contribution in [0, 0.1) is 5.82 Å². The number of rotatable bonds is 2.